The molecule has 2 saturated heterocycles. The number of carbonyl (C=O) groups excluding carboxylic acids is 1. The summed E-state index contributed by atoms with van der Waals surface area (Å²) < 4.78 is 32.2. The lowest BCUT2D eigenvalue weighted by atomic mass is 10.0. The summed E-state index contributed by atoms with van der Waals surface area (Å²) in [5.41, 5.74) is 0. The van der Waals surface area contributed by atoms with E-state index in [-0.39, 0.29) is 12.6 Å². The van der Waals surface area contributed by atoms with Gasteiger partial charge in [-0.25, -0.2) is 9.52 Å². The molecule has 8 heteroatoms. The summed E-state index contributed by atoms with van der Waals surface area (Å²) in [5.74, 6) is 0. The maximum absolute atomic E-state index is 11.7. The normalized spacial score (nSPS) is 31.1. The van der Waals surface area contributed by atoms with Crippen molar-refractivity contribution in [1.82, 2.24) is 14.8 Å². The van der Waals surface area contributed by atoms with Crippen molar-refractivity contribution >= 4 is 16.3 Å². The van der Waals surface area contributed by atoms with E-state index < -0.39 is 16.3 Å². The van der Waals surface area contributed by atoms with Gasteiger partial charge in [0.25, 0.3) is 0 Å². The summed E-state index contributed by atoms with van der Waals surface area (Å²) >= 11 is 0. The van der Waals surface area contributed by atoms with Gasteiger partial charge in [0, 0.05) is 18.1 Å². The topological polar surface area (TPSA) is 96.5 Å². The van der Waals surface area contributed by atoms with Crippen LogP contribution in [-0.2, 0) is 14.9 Å². The second kappa shape index (κ2) is 5.41. The van der Waals surface area contributed by atoms with E-state index in [4.69, 9.17) is 0 Å². The van der Waals surface area contributed by atoms with Crippen LogP contribution in [0.5, 0.6) is 0 Å². The smallest absolute Gasteiger partial charge is 0.421 e. The number of carbonyl (C=O) groups is 1. The number of rotatable bonds is 4. The fourth-order valence-corrected chi connectivity index (χ4v) is 3.64. The first-order valence-electron chi connectivity index (χ1n) is 6.21. The molecule has 0 spiro atoms. The number of fused-ring (bicyclic) bond motifs is 2. The van der Waals surface area contributed by atoms with Gasteiger partial charge >= 0.3 is 16.3 Å². The highest BCUT2D eigenvalue weighted by Gasteiger charge is 2.35. The van der Waals surface area contributed by atoms with E-state index in [1.807, 2.05) is 4.72 Å². The van der Waals surface area contributed by atoms with Crippen LogP contribution in [0.25, 0.3) is 0 Å². The molecule has 2 rings (SSSR count). The number of hydrogen-bond acceptors (Lipinski definition) is 5. The largest absolute Gasteiger partial charge is 0.449 e. The molecule has 2 unspecified atom stereocenters. The van der Waals surface area contributed by atoms with Gasteiger partial charge in [-0.1, -0.05) is 0 Å². The molecule has 2 fully saturated rings. The summed E-state index contributed by atoms with van der Waals surface area (Å²) in [4.78, 5) is 11.1. The van der Waals surface area contributed by atoms with E-state index in [2.05, 4.69) is 14.8 Å². The average molecular weight is 277 g/mol. The number of nitrogens with one attached hydrogen (secondary N) is 3. The third kappa shape index (κ3) is 3.56. The second-order valence-corrected chi connectivity index (χ2v) is 6.20. The lowest BCUT2D eigenvalue weighted by Gasteiger charge is -2.29. The minimum atomic E-state index is -3.82. The Morgan fingerprint density at radius 2 is 1.94 bits per heavy atom. The zero-order valence-corrected chi connectivity index (χ0v) is 11.1. The molecule has 2 atom stereocenters. The van der Waals surface area contributed by atoms with Gasteiger partial charge in [0.15, 0.2) is 0 Å². The van der Waals surface area contributed by atoms with Crippen LogP contribution in [0.4, 0.5) is 4.79 Å². The number of ether oxygens (including phenoxy) is 1. The van der Waals surface area contributed by atoms with E-state index in [1.165, 1.54) is 0 Å². The quantitative estimate of drug-likeness (QED) is 0.664. The molecule has 0 saturated carbocycles. The first-order chi connectivity index (χ1) is 8.48. The van der Waals surface area contributed by atoms with Crippen molar-refractivity contribution in [2.24, 2.45) is 0 Å². The predicted octanol–water partition coefficient (Wildman–Crippen LogP) is -0.150. The van der Waals surface area contributed by atoms with Gasteiger partial charge in [-0.2, -0.15) is 13.1 Å². The molecule has 104 valence electrons. The number of piperidine rings is 1. The van der Waals surface area contributed by atoms with Crippen LogP contribution >= 0.6 is 0 Å². The molecule has 0 aliphatic carbocycles. The van der Waals surface area contributed by atoms with Crippen LogP contribution in [0.2, 0.25) is 0 Å². The first kappa shape index (κ1) is 13.6. The van der Waals surface area contributed by atoms with Gasteiger partial charge in [-0.05, 0) is 32.6 Å². The Morgan fingerprint density at radius 1 is 1.33 bits per heavy atom. The van der Waals surface area contributed by atoms with Gasteiger partial charge in [-0.3, -0.25) is 0 Å². The van der Waals surface area contributed by atoms with Crippen LogP contribution < -0.4 is 14.8 Å². The van der Waals surface area contributed by atoms with E-state index in [1.54, 1.807) is 6.92 Å². The number of hydrogen-bond donors (Lipinski definition) is 3. The van der Waals surface area contributed by atoms with Crippen LogP contribution in [0.3, 0.4) is 0 Å². The van der Waals surface area contributed by atoms with E-state index in [0.717, 1.165) is 25.7 Å². The fourth-order valence-electron chi connectivity index (χ4n) is 2.67. The molecule has 18 heavy (non-hydrogen) atoms. The Morgan fingerprint density at radius 3 is 2.50 bits per heavy atom. The predicted molar refractivity (Wildman–Crippen MR) is 65.2 cm³/mol. The van der Waals surface area contributed by atoms with Crippen molar-refractivity contribution < 1.29 is 17.9 Å². The highest BCUT2D eigenvalue weighted by Crippen LogP contribution is 2.26. The molecular formula is C10H19N3O4S. The molecule has 2 aliphatic rings. The fraction of sp³-hybridized carbons (Fsp3) is 0.900. The zero-order valence-electron chi connectivity index (χ0n) is 10.3. The van der Waals surface area contributed by atoms with Crippen molar-refractivity contribution in [2.45, 2.75) is 50.7 Å². The third-order valence-corrected chi connectivity index (χ3v) is 4.37. The summed E-state index contributed by atoms with van der Waals surface area (Å²) in [5, 5.41) is 3.42. The molecule has 0 radical (unpaired) electrons. The molecule has 3 N–H and O–H groups in total. The minimum Gasteiger partial charge on any atom is -0.449 e. The van der Waals surface area contributed by atoms with Gasteiger partial charge in [-0.15, -0.1) is 0 Å². The summed E-state index contributed by atoms with van der Waals surface area (Å²) in [7, 11) is -3.82. The first-order valence-corrected chi connectivity index (χ1v) is 7.69. The average Bonchev–Trinajstić information content (AvgIpc) is 2.56. The molecule has 0 aromatic heterocycles. The van der Waals surface area contributed by atoms with Gasteiger partial charge in [0.2, 0.25) is 0 Å². The van der Waals surface area contributed by atoms with Gasteiger partial charge < -0.3 is 10.1 Å². The van der Waals surface area contributed by atoms with Crippen LogP contribution in [0.1, 0.15) is 32.6 Å². The Labute approximate surface area is 107 Å². The molecular weight excluding hydrogens is 258 g/mol. The molecule has 2 heterocycles. The van der Waals surface area contributed by atoms with E-state index >= 15 is 0 Å². The summed E-state index contributed by atoms with van der Waals surface area (Å²) in [6, 6.07) is 0.661. The lowest BCUT2D eigenvalue weighted by Crippen LogP contribution is -2.51. The highest BCUT2D eigenvalue weighted by atomic mass is 32.2. The Kier molecular flexibility index (Phi) is 4.08. The van der Waals surface area contributed by atoms with Crippen LogP contribution in [0.15, 0.2) is 0 Å². The molecule has 2 aliphatic heterocycles. The summed E-state index contributed by atoms with van der Waals surface area (Å²) in [6.45, 7) is 1.75. The lowest BCUT2D eigenvalue weighted by molar-refractivity contribution is 0.158. The Hall–Kier alpha value is -0.860. The van der Waals surface area contributed by atoms with Crippen molar-refractivity contribution in [1.29, 1.82) is 0 Å². The molecule has 7 nitrogen and oxygen atoms in total. The minimum absolute atomic E-state index is 0.115. The maximum Gasteiger partial charge on any atom is 0.421 e. The van der Waals surface area contributed by atoms with Crippen molar-refractivity contribution in [3.05, 3.63) is 0 Å². The molecule has 0 aromatic rings. The number of amides is 1. The Bertz CT molecular complexity index is 399. The third-order valence-electron chi connectivity index (χ3n) is 3.29. The SMILES string of the molecule is CCOC(=O)NS(=O)(=O)NC1CC2CCC(C1)N2. The van der Waals surface area contributed by atoms with Gasteiger partial charge in [0.05, 0.1) is 6.61 Å². The van der Waals surface area contributed by atoms with Gasteiger partial charge in [0.1, 0.15) is 0 Å². The second-order valence-electron chi connectivity index (χ2n) is 4.75. The molecule has 0 aromatic carbocycles. The standard InChI is InChI=1S/C10H19N3O4S/c1-2-17-10(14)13-18(15,16)12-9-5-7-3-4-8(6-9)11-7/h7-9,11-12H,2-6H2,1H3,(H,13,14). The molecule has 1 amide bonds. The monoisotopic (exact) mass is 277 g/mol. The summed E-state index contributed by atoms with van der Waals surface area (Å²) in [6.07, 6.45) is 2.77. The van der Waals surface area contributed by atoms with Crippen molar-refractivity contribution in [2.75, 3.05) is 6.61 Å². The zero-order chi connectivity index (χ0) is 13.2. The van der Waals surface area contributed by atoms with E-state index in [0.29, 0.717) is 12.1 Å². The molecule has 2 bridgehead atoms. The van der Waals surface area contributed by atoms with Crippen LogP contribution in [0, 0.1) is 0 Å². The van der Waals surface area contributed by atoms with E-state index in [9.17, 15) is 13.2 Å². The van der Waals surface area contributed by atoms with Crippen LogP contribution in [-0.4, -0.2) is 39.2 Å². The maximum atomic E-state index is 11.7. The van der Waals surface area contributed by atoms with Crippen molar-refractivity contribution in [3.8, 4) is 0 Å². The van der Waals surface area contributed by atoms with Crippen molar-refractivity contribution in [3.63, 3.8) is 0 Å². The Balaban J connectivity index is 1.86. The highest BCUT2D eigenvalue weighted by molar-refractivity contribution is 7.88.